The maximum absolute atomic E-state index is 12.2. The average molecular weight is 241 g/mol. The third kappa shape index (κ3) is 2.35. The van der Waals surface area contributed by atoms with Crippen molar-refractivity contribution < 1.29 is 4.79 Å². The molecule has 0 saturated heterocycles. The number of hydrogen-bond donors (Lipinski definition) is 1. The summed E-state index contributed by atoms with van der Waals surface area (Å²) in [6, 6.07) is 9.64. The first kappa shape index (κ1) is 12.2. The number of aromatic nitrogens is 1. The second kappa shape index (κ2) is 5.37. The third-order valence-electron chi connectivity index (χ3n) is 2.96. The van der Waals surface area contributed by atoms with Crippen molar-refractivity contribution in [2.45, 2.75) is 13.3 Å². The first-order valence-electron chi connectivity index (χ1n) is 5.99. The highest BCUT2D eigenvalue weighted by atomic mass is 16.2. The third-order valence-corrected chi connectivity index (χ3v) is 2.96. The molecule has 4 nitrogen and oxygen atoms in total. The van der Waals surface area contributed by atoms with Gasteiger partial charge in [-0.2, -0.15) is 5.26 Å². The maximum atomic E-state index is 12.2. The van der Waals surface area contributed by atoms with E-state index in [9.17, 15) is 4.79 Å². The Hall–Kier alpha value is -2.28. The molecule has 0 saturated carbocycles. The monoisotopic (exact) mass is 241 g/mol. The fourth-order valence-corrected chi connectivity index (χ4v) is 1.95. The number of fused-ring (bicyclic) bond motifs is 1. The quantitative estimate of drug-likeness (QED) is 0.894. The van der Waals surface area contributed by atoms with E-state index in [1.54, 1.807) is 4.90 Å². The molecule has 4 heteroatoms. The number of H-pyrrole nitrogens is 1. The minimum atomic E-state index is -0.0238. The lowest BCUT2D eigenvalue weighted by molar-refractivity contribution is 0.0768. The second-order valence-electron chi connectivity index (χ2n) is 4.07. The Morgan fingerprint density at radius 1 is 1.44 bits per heavy atom. The molecule has 0 bridgehead atoms. The van der Waals surface area contributed by atoms with Gasteiger partial charge in [0.2, 0.25) is 0 Å². The number of carbonyl (C=O) groups is 1. The van der Waals surface area contributed by atoms with E-state index < -0.39 is 0 Å². The van der Waals surface area contributed by atoms with Gasteiger partial charge < -0.3 is 9.88 Å². The highest BCUT2D eigenvalue weighted by Gasteiger charge is 2.14. The molecule has 0 unspecified atom stereocenters. The van der Waals surface area contributed by atoms with Crippen LogP contribution in [0.3, 0.4) is 0 Å². The van der Waals surface area contributed by atoms with Gasteiger partial charge in [-0.1, -0.05) is 6.07 Å². The maximum Gasteiger partial charge on any atom is 0.253 e. The van der Waals surface area contributed by atoms with Crippen LogP contribution < -0.4 is 0 Å². The summed E-state index contributed by atoms with van der Waals surface area (Å²) in [4.78, 5) is 17.0. The van der Waals surface area contributed by atoms with Crippen LogP contribution in [0.25, 0.3) is 10.9 Å². The number of nitrogens with one attached hydrogen (secondary N) is 1. The van der Waals surface area contributed by atoms with E-state index in [2.05, 4.69) is 11.1 Å². The molecule has 2 aromatic rings. The lowest BCUT2D eigenvalue weighted by Gasteiger charge is -2.19. The lowest BCUT2D eigenvalue weighted by atomic mass is 10.1. The van der Waals surface area contributed by atoms with Gasteiger partial charge in [0.05, 0.1) is 12.5 Å². The van der Waals surface area contributed by atoms with Gasteiger partial charge in [-0.3, -0.25) is 4.79 Å². The molecule has 0 aliphatic rings. The number of benzene rings is 1. The first-order valence-corrected chi connectivity index (χ1v) is 5.99. The van der Waals surface area contributed by atoms with Crippen LogP contribution >= 0.6 is 0 Å². The SMILES string of the molecule is CCN(CCC#N)C(=O)c1ccc2cc[nH]c2c1. The molecule has 0 aliphatic carbocycles. The van der Waals surface area contributed by atoms with Crippen molar-refractivity contribution in [3.05, 3.63) is 36.0 Å². The molecule has 18 heavy (non-hydrogen) atoms. The van der Waals surface area contributed by atoms with Gasteiger partial charge in [0.25, 0.3) is 5.91 Å². The number of aromatic amines is 1. The molecule has 0 atom stereocenters. The molecule has 0 aliphatic heterocycles. The van der Waals surface area contributed by atoms with Crippen LogP contribution in [-0.4, -0.2) is 28.9 Å². The Kier molecular flexibility index (Phi) is 3.63. The Balaban J connectivity index is 2.23. The Morgan fingerprint density at radius 2 is 2.28 bits per heavy atom. The molecule has 0 fully saturated rings. The van der Waals surface area contributed by atoms with Crippen molar-refractivity contribution in [2.24, 2.45) is 0 Å². The van der Waals surface area contributed by atoms with Gasteiger partial charge in [-0.25, -0.2) is 0 Å². The standard InChI is InChI=1S/C14H15N3O/c1-2-17(9-3-7-15)14(18)12-5-4-11-6-8-16-13(11)10-12/h4-6,8,10,16H,2-3,9H2,1H3. The zero-order valence-corrected chi connectivity index (χ0v) is 10.3. The molecule has 1 aromatic heterocycles. The van der Waals surface area contributed by atoms with E-state index in [1.807, 2.05) is 37.4 Å². The van der Waals surface area contributed by atoms with E-state index in [1.165, 1.54) is 0 Å². The molecule has 92 valence electrons. The summed E-state index contributed by atoms with van der Waals surface area (Å²) in [5.41, 5.74) is 1.61. The van der Waals surface area contributed by atoms with Crippen LogP contribution in [0.1, 0.15) is 23.7 Å². The number of carbonyl (C=O) groups excluding carboxylic acids is 1. The van der Waals surface area contributed by atoms with Gasteiger partial charge in [-0.05, 0) is 30.5 Å². The molecular formula is C14H15N3O. The predicted molar refractivity (Wildman–Crippen MR) is 70.1 cm³/mol. The largest absolute Gasteiger partial charge is 0.361 e. The minimum absolute atomic E-state index is 0.0238. The number of nitrogens with zero attached hydrogens (tertiary/aromatic N) is 2. The van der Waals surface area contributed by atoms with Crippen molar-refractivity contribution in [3.63, 3.8) is 0 Å². The number of hydrogen-bond acceptors (Lipinski definition) is 2. The van der Waals surface area contributed by atoms with E-state index >= 15 is 0 Å². The first-order chi connectivity index (χ1) is 8.76. The highest BCUT2D eigenvalue weighted by Crippen LogP contribution is 2.15. The normalized spacial score (nSPS) is 10.2. The topological polar surface area (TPSA) is 59.9 Å². The summed E-state index contributed by atoms with van der Waals surface area (Å²) >= 11 is 0. The van der Waals surface area contributed by atoms with Crippen LogP contribution in [0, 0.1) is 11.3 Å². The fourth-order valence-electron chi connectivity index (χ4n) is 1.95. The number of rotatable bonds is 4. The summed E-state index contributed by atoms with van der Waals surface area (Å²) in [5, 5.41) is 9.67. The van der Waals surface area contributed by atoms with E-state index in [0.717, 1.165) is 10.9 Å². The van der Waals surface area contributed by atoms with Gasteiger partial charge >= 0.3 is 0 Å². The van der Waals surface area contributed by atoms with Gasteiger partial charge in [0, 0.05) is 30.4 Å². The fraction of sp³-hybridized carbons (Fsp3) is 0.286. The van der Waals surface area contributed by atoms with Crippen molar-refractivity contribution in [1.82, 2.24) is 9.88 Å². The Morgan fingerprint density at radius 3 is 3.00 bits per heavy atom. The molecule has 2 rings (SSSR count). The molecule has 0 spiro atoms. The zero-order chi connectivity index (χ0) is 13.0. The smallest absolute Gasteiger partial charge is 0.253 e. The number of nitriles is 1. The summed E-state index contributed by atoms with van der Waals surface area (Å²) in [7, 11) is 0. The molecule has 0 radical (unpaired) electrons. The van der Waals surface area contributed by atoms with Crippen LogP contribution in [-0.2, 0) is 0 Å². The molecule has 1 aromatic carbocycles. The summed E-state index contributed by atoms with van der Waals surface area (Å²) < 4.78 is 0. The van der Waals surface area contributed by atoms with Gasteiger partial charge in [0.1, 0.15) is 0 Å². The minimum Gasteiger partial charge on any atom is -0.361 e. The molecule has 1 amide bonds. The van der Waals surface area contributed by atoms with Crippen molar-refractivity contribution in [3.8, 4) is 6.07 Å². The predicted octanol–water partition coefficient (Wildman–Crippen LogP) is 2.54. The summed E-state index contributed by atoms with van der Waals surface area (Å²) in [6.07, 6.45) is 2.22. The van der Waals surface area contributed by atoms with Gasteiger partial charge in [-0.15, -0.1) is 0 Å². The Labute approximate surface area is 106 Å². The average Bonchev–Trinajstić information content (AvgIpc) is 2.86. The van der Waals surface area contributed by atoms with Crippen molar-refractivity contribution in [1.29, 1.82) is 5.26 Å². The van der Waals surface area contributed by atoms with E-state index in [0.29, 0.717) is 25.1 Å². The summed E-state index contributed by atoms with van der Waals surface area (Å²) in [6.45, 7) is 3.01. The molecular weight excluding hydrogens is 226 g/mol. The van der Waals surface area contributed by atoms with Crippen LogP contribution in [0.2, 0.25) is 0 Å². The highest BCUT2D eigenvalue weighted by molar-refractivity contribution is 5.97. The summed E-state index contributed by atoms with van der Waals surface area (Å²) in [5.74, 6) is -0.0238. The molecule has 1 N–H and O–H groups in total. The lowest BCUT2D eigenvalue weighted by Crippen LogP contribution is -2.31. The van der Waals surface area contributed by atoms with Crippen molar-refractivity contribution >= 4 is 16.8 Å². The van der Waals surface area contributed by atoms with Crippen LogP contribution in [0.4, 0.5) is 0 Å². The van der Waals surface area contributed by atoms with Gasteiger partial charge in [0.15, 0.2) is 0 Å². The Bertz CT molecular complexity index is 594. The second-order valence-corrected chi connectivity index (χ2v) is 4.07. The van der Waals surface area contributed by atoms with Crippen LogP contribution in [0.15, 0.2) is 30.5 Å². The van der Waals surface area contributed by atoms with E-state index in [-0.39, 0.29) is 5.91 Å². The number of amides is 1. The van der Waals surface area contributed by atoms with E-state index in [4.69, 9.17) is 5.26 Å². The molecule has 1 heterocycles. The van der Waals surface area contributed by atoms with Crippen LogP contribution in [0.5, 0.6) is 0 Å². The van der Waals surface area contributed by atoms with Crippen molar-refractivity contribution in [2.75, 3.05) is 13.1 Å². The zero-order valence-electron chi connectivity index (χ0n) is 10.3.